The molecule has 1 fully saturated rings. The molecule has 1 saturated carbocycles. The molecule has 1 aromatic rings. The molecule has 106 valence electrons. The summed E-state index contributed by atoms with van der Waals surface area (Å²) in [5.74, 6) is -0.207. The lowest BCUT2D eigenvalue weighted by atomic mass is 10.0. The number of nitrogens with one attached hydrogen (secondary N) is 2. The molecule has 9 heteroatoms. The molecule has 1 aliphatic rings. The lowest BCUT2D eigenvalue weighted by molar-refractivity contribution is 0.312. The van der Waals surface area contributed by atoms with E-state index < -0.39 is 10.0 Å². The zero-order chi connectivity index (χ0) is 14.0. The molecule has 5 N–H and O–H groups in total. The Morgan fingerprint density at radius 1 is 1.63 bits per heavy atom. The molecule has 2 rings (SSSR count). The van der Waals surface area contributed by atoms with Crippen LogP contribution in [0, 0.1) is 12.8 Å². The second-order valence-electron chi connectivity index (χ2n) is 4.65. The quantitative estimate of drug-likeness (QED) is 0.266. The Labute approximate surface area is 111 Å². The van der Waals surface area contributed by atoms with Crippen LogP contribution in [0.15, 0.2) is 16.2 Å². The highest BCUT2D eigenvalue weighted by molar-refractivity contribution is 7.89. The highest BCUT2D eigenvalue weighted by atomic mass is 32.2. The van der Waals surface area contributed by atoms with Crippen LogP contribution in [0.5, 0.6) is 0 Å². The minimum Gasteiger partial charge on any atom is -0.409 e. The second-order valence-corrected chi connectivity index (χ2v) is 6.33. The third-order valence-electron chi connectivity index (χ3n) is 3.39. The first-order valence-corrected chi connectivity index (χ1v) is 7.43. The van der Waals surface area contributed by atoms with Crippen molar-refractivity contribution in [1.29, 1.82) is 0 Å². The molecule has 0 saturated heterocycles. The van der Waals surface area contributed by atoms with Crippen molar-refractivity contribution in [3.63, 3.8) is 0 Å². The van der Waals surface area contributed by atoms with Crippen molar-refractivity contribution in [2.24, 2.45) is 16.8 Å². The van der Waals surface area contributed by atoms with Crippen LogP contribution < -0.4 is 10.5 Å². The largest absolute Gasteiger partial charge is 0.409 e. The summed E-state index contributed by atoms with van der Waals surface area (Å²) in [6.07, 6.45) is 3.47. The number of H-pyrrole nitrogens is 1. The summed E-state index contributed by atoms with van der Waals surface area (Å²) >= 11 is 0. The number of aromatic nitrogens is 2. The zero-order valence-electron chi connectivity index (χ0n) is 10.5. The Hall–Kier alpha value is -1.61. The maximum atomic E-state index is 12.2. The number of hydrogen-bond donors (Lipinski definition) is 4. The van der Waals surface area contributed by atoms with Crippen LogP contribution in [0.25, 0.3) is 0 Å². The van der Waals surface area contributed by atoms with E-state index in [1.54, 1.807) is 6.92 Å². The molecule has 1 aliphatic carbocycles. The standard InChI is InChI=1S/C10H17N5O3S/c1-6-9(5-12-13-6)19(17,18)15-8-4-2-3-7(8)10(11)14-16/h5,7-8,15-16H,2-4H2,1H3,(H2,11,14)(H,12,13). The predicted octanol–water partition coefficient (Wildman–Crippen LogP) is -0.0885. The van der Waals surface area contributed by atoms with Gasteiger partial charge in [0.15, 0.2) is 0 Å². The van der Waals surface area contributed by atoms with Gasteiger partial charge in [-0.3, -0.25) is 5.10 Å². The molecule has 0 aromatic carbocycles. The number of aryl methyl sites for hydroxylation is 1. The molecule has 8 nitrogen and oxygen atoms in total. The number of sulfonamides is 1. The molecular formula is C10H17N5O3S. The lowest BCUT2D eigenvalue weighted by Gasteiger charge is -2.19. The van der Waals surface area contributed by atoms with Crippen molar-refractivity contribution in [2.75, 3.05) is 0 Å². The van der Waals surface area contributed by atoms with Gasteiger partial charge in [-0.2, -0.15) is 5.10 Å². The van der Waals surface area contributed by atoms with Crippen LogP contribution in [0.3, 0.4) is 0 Å². The summed E-state index contributed by atoms with van der Waals surface area (Å²) in [5, 5.41) is 18.0. The lowest BCUT2D eigenvalue weighted by Crippen LogP contribution is -2.42. The summed E-state index contributed by atoms with van der Waals surface area (Å²) in [4.78, 5) is 0.123. The van der Waals surface area contributed by atoms with Gasteiger partial charge < -0.3 is 10.9 Å². The third-order valence-corrected chi connectivity index (χ3v) is 4.99. The Balaban J connectivity index is 2.19. The SMILES string of the molecule is Cc1[nH]ncc1S(=O)(=O)NC1CCCC1C(N)=NO. The van der Waals surface area contributed by atoms with Gasteiger partial charge in [0.2, 0.25) is 10.0 Å². The van der Waals surface area contributed by atoms with E-state index in [1.807, 2.05) is 0 Å². The van der Waals surface area contributed by atoms with Crippen molar-refractivity contribution in [3.05, 3.63) is 11.9 Å². The number of rotatable bonds is 4. The topological polar surface area (TPSA) is 133 Å². The van der Waals surface area contributed by atoms with Crippen molar-refractivity contribution in [3.8, 4) is 0 Å². The highest BCUT2D eigenvalue weighted by Gasteiger charge is 2.34. The van der Waals surface area contributed by atoms with Crippen LogP contribution in [-0.2, 0) is 10.0 Å². The Morgan fingerprint density at radius 2 is 2.37 bits per heavy atom. The van der Waals surface area contributed by atoms with Crippen molar-refractivity contribution < 1.29 is 13.6 Å². The molecule has 0 amide bonds. The molecule has 2 unspecified atom stereocenters. The normalized spacial score (nSPS) is 24.8. The van der Waals surface area contributed by atoms with Gasteiger partial charge in [0, 0.05) is 12.0 Å². The second kappa shape index (κ2) is 5.17. The molecule has 0 spiro atoms. The maximum Gasteiger partial charge on any atom is 0.244 e. The average molecular weight is 287 g/mol. The van der Waals surface area contributed by atoms with E-state index in [2.05, 4.69) is 20.1 Å². The zero-order valence-corrected chi connectivity index (χ0v) is 11.3. The average Bonchev–Trinajstić information content (AvgIpc) is 2.96. The molecule has 1 heterocycles. The van der Waals surface area contributed by atoms with Crippen LogP contribution in [0.2, 0.25) is 0 Å². The first kappa shape index (κ1) is 13.8. The monoisotopic (exact) mass is 287 g/mol. The van der Waals surface area contributed by atoms with E-state index in [0.717, 1.165) is 6.42 Å². The van der Waals surface area contributed by atoms with Gasteiger partial charge in [0.25, 0.3) is 0 Å². The van der Waals surface area contributed by atoms with Gasteiger partial charge in [-0.15, -0.1) is 0 Å². The van der Waals surface area contributed by atoms with Gasteiger partial charge in [0.05, 0.1) is 11.9 Å². The highest BCUT2D eigenvalue weighted by Crippen LogP contribution is 2.27. The van der Waals surface area contributed by atoms with Crippen molar-refractivity contribution in [1.82, 2.24) is 14.9 Å². The molecular weight excluding hydrogens is 270 g/mol. The first-order valence-electron chi connectivity index (χ1n) is 5.95. The molecule has 19 heavy (non-hydrogen) atoms. The van der Waals surface area contributed by atoms with E-state index in [-0.39, 0.29) is 22.7 Å². The summed E-state index contributed by atoms with van der Waals surface area (Å²) < 4.78 is 27.0. The Morgan fingerprint density at radius 3 is 2.95 bits per heavy atom. The molecule has 1 aromatic heterocycles. The van der Waals surface area contributed by atoms with Crippen molar-refractivity contribution >= 4 is 15.9 Å². The van der Waals surface area contributed by atoms with Gasteiger partial charge >= 0.3 is 0 Å². The van der Waals surface area contributed by atoms with E-state index in [4.69, 9.17) is 10.9 Å². The van der Waals surface area contributed by atoms with E-state index >= 15 is 0 Å². The van der Waals surface area contributed by atoms with E-state index in [0.29, 0.717) is 18.5 Å². The summed E-state index contributed by atoms with van der Waals surface area (Å²) in [6, 6.07) is -0.352. The fourth-order valence-corrected chi connectivity index (χ4v) is 3.85. The number of oxime groups is 1. The fraction of sp³-hybridized carbons (Fsp3) is 0.600. The minimum atomic E-state index is -3.64. The van der Waals surface area contributed by atoms with Crippen LogP contribution in [0.4, 0.5) is 0 Å². The van der Waals surface area contributed by atoms with Gasteiger partial charge in [-0.1, -0.05) is 11.6 Å². The number of nitrogens with two attached hydrogens (primary N) is 1. The van der Waals surface area contributed by atoms with Gasteiger partial charge in [-0.05, 0) is 19.8 Å². The number of hydrogen-bond acceptors (Lipinski definition) is 5. The Kier molecular flexibility index (Phi) is 3.76. The van der Waals surface area contributed by atoms with Crippen LogP contribution >= 0.6 is 0 Å². The number of nitrogens with zero attached hydrogens (tertiary/aromatic N) is 2. The summed E-state index contributed by atoms with van der Waals surface area (Å²) in [6.45, 7) is 1.64. The molecule has 0 bridgehead atoms. The summed E-state index contributed by atoms with van der Waals surface area (Å²) in [7, 11) is -3.64. The fourth-order valence-electron chi connectivity index (χ4n) is 2.40. The van der Waals surface area contributed by atoms with E-state index in [9.17, 15) is 8.42 Å². The number of amidine groups is 1. The third kappa shape index (κ3) is 2.71. The van der Waals surface area contributed by atoms with Gasteiger partial charge in [0.1, 0.15) is 10.7 Å². The van der Waals surface area contributed by atoms with Crippen molar-refractivity contribution in [2.45, 2.75) is 37.1 Å². The molecule has 0 radical (unpaired) electrons. The minimum absolute atomic E-state index is 0.0640. The van der Waals surface area contributed by atoms with Crippen LogP contribution in [-0.4, -0.2) is 35.7 Å². The van der Waals surface area contributed by atoms with E-state index in [1.165, 1.54) is 6.20 Å². The number of aromatic amines is 1. The van der Waals surface area contributed by atoms with Crippen LogP contribution in [0.1, 0.15) is 25.0 Å². The smallest absolute Gasteiger partial charge is 0.244 e. The Bertz CT molecular complexity index is 580. The van der Waals surface area contributed by atoms with Gasteiger partial charge in [-0.25, -0.2) is 13.1 Å². The summed E-state index contributed by atoms with van der Waals surface area (Å²) in [5.41, 5.74) is 6.06. The predicted molar refractivity (Wildman–Crippen MR) is 68.2 cm³/mol. The first-order chi connectivity index (χ1) is 8.95. The molecule has 0 aliphatic heterocycles. The maximum absolute atomic E-state index is 12.2. The molecule has 2 atom stereocenters.